The van der Waals surface area contributed by atoms with Gasteiger partial charge in [0.15, 0.2) is 0 Å². The molecule has 1 aliphatic carbocycles. The molecule has 1 aliphatic rings. The van der Waals surface area contributed by atoms with E-state index in [0.29, 0.717) is 6.54 Å². The summed E-state index contributed by atoms with van der Waals surface area (Å²) < 4.78 is 2.84. The Morgan fingerprint density at radius 3 is 3.00 bits per heavy atom. The van der Waals surface area contributed by atoms with E-state index in [1.165, 1.54) is 18.5 Å². The van der Waals surface area contributed by atoms with Crippen LogP contribution in [0, 0.1) is 0 Å². The van der Waals surface area contributed by atoms with Crippen molar-refractivity contribution in [1.82, 2.24) is 15.0 Å². The van der Waals surface area contributed by atoms with Crippen molar-refractivity contribution in [3.8, 4) is 0 Å². The van der Waals surface area contributed by atoms with Crippen LogP contribution >= 0.6 is 15.9 Å². The number of aliphatic hydroxyl groups excluding tert-OH is 1. The molecule has 0 bridgehead atoms. The summed E-state index contributed by atoms with van der Waals surface area (Å²) in [4.78, 5) is 0. The van der Waals surface area contributed by atoms with Crippen LogP contribution in [0.5, 0.6) is 0 Å². The molecule has 4 nitrogen and oxygen atoms in total. The lowest BCUT2D eigenvalue weighted by molar-refractivity contribution is 0.149. The maximum Gasteiger partial charge on any atom is 0.0987 e. The van der Waals surface area contributed by atoms with E-state index in [-0.39, 0.29) is 0 Å². The van der Waals surface area contributed by atoms with Gasteiger partial charge in [-0.25, -0.2) is 4.68 Å². The standard InChI is InChI=1S/C14H16BrN3O/c15-11-5-3-4-10(8-11)14(19)9-18-13-7-2-1-6-12(13)16-17-18/h3-5,8,14,19H,1-2,6-7,9H2. The number of nitrogens with zero attached hydrogens (tertiary/aromatic N) is 3. The van der Waals surface area contributed by atoms with Crippen LogP contribution in [-0.4, -0.2) is 20.1 Å². The first-order chi connectivity index (χ1) is 9.24. The first kappa shape index (κ1) is 12.8. The van der Waals surface area contributed by atoms with E-state index in [1.54, 1.807) is 0 Å². The number of benzene rings is 1. The van der Waals surface area contributed by atoms with Crippen LogP contribution in [0.15, 0.2) is 28.7 Å². The maximum absolute atomic E-state index is 10.3. The summed E-state index contributed by atoms with van der Waals surface area (Å²) in [5.74, 6) is 0. The Morgan fingerprint density at radius 1 is 1.32 bits per heavy atom. The summed E-state index contributed by atoms with van der Waals surface area (Å²) in [7, 11) is 0. The van der Waals surface area contributed by atoms with Crippen LogP contribution in [0.3, 0.4) is 0 Å². The van der Waals surface area contributed by atoms with Crippen molar-refractivity contribution < 1.29 is 5.11 Å². The van der Waals surface area contributed by atoms with Gasteiger partial charge in [-0.1, -0.05) is 33.3 Å². The molecular formula is C14H16BrN3O. The van der Waals surface area contributed by atoms with Gasteiger partial charge in [0, 0.05) is 4.47 Å². The highest BCUT2D eigenvalue weighted by Crippen LogP contribution is 2.23. The molecule has 3 rings (SSSR count). The average Bonchev–Trinajstić information content (AvgIpc) is 2.82. The lowest BCUT2D eigenvalue weighted by Gasteiger charge is -2.15. The zero-order chi connectivity index (χ0) is 13.2. The van der Waals surface area contributed by atoms with Gasteiger partial charge in [-0.3, -0.25) is 0 Å². The molecule has 0 radical (unpaired) electrons. The van der Waals surface area contributed by atoms with Crippen molar-refractivity contribution in [3.05, 3.63) is 45.7 Å². The van der Waals surface area contributed by atoms with Gasteiger partial charge < -0.3 is 5.11 Å². The molecule has 100 valence electrons. The van der Waals surface area contributed by atoms with Crippen LogP contribution < -0.4 is 0 Å². The number of hydrogen-bond donors (Lipinski definition) is 1. The molecule has 0 saturated heterocycles. The summed E-state index contributed by atoms with van der Waals surface area (Å²) in [6.45, 7) is 0.471. The van der Waals surface area contributed by atoms with Crippen molar-refractivity contribution in [2.24, 2.45) is 0 Å². The quantitative estimate of drug-likeness (QED) is 0.945. The minimum Gasteiger partial charge on any atom is -0.386 e. The molecular weight excluding hydrogens is 306 g/mol. The number of aromatic nitrogens is 3. The number of rotatable bonds is 3. The minimum absolute atomic E-state index is 0.471. The van der Waals surface area contributed by atoms with Crippen molar-refractivity contribution in [3.63, 3.8) is 0 Å². The molecule has 0 aliphatic heterocycles. The van der Waals surface area contributed by atoms with Gasteiger partial charge in [0.25, 0.3) is 0 Å². The summed E-state index contributed by atoms with van der Waals surface area (Å²) in [5, 5.41) is 18.7. The molecule has 1 N–H and O–H groups in total. The van der Waals surface area contributed by atoms with E-state index in [1.807, 2.05) is 28.9 Å². The monoisotopic (exact) mass is 321 g/mol. The zero-order valence-electron chi connectivity index (χ0n) is 10.6. The van der Waals surface area contributed by atoms with Gasteiger partial charge in [-0.15, -0.1) is 5.10 Å². The second-order valence-electron chi connectivity index (χ2n) is 4.94. The molecule has 0 amide bonds. The highest BCUT2D eigenvalue weighted by molar-refractivity contribution is 9.10. The van der Waals surface area contributed by atoms with E-state index in [9.17, 15) is 5.11 Å². The number of halogens is 1. The highest BCUT2D eigenvalue weighted by Gasteiger charge is 2.19. The van der Waals surface area contributed by atoms with Crippen molar-refractivity contribution in [1.29, 1.82) is 0 Å². The Hall–Kier alpha value is -1.20. The lowest BCUT2D eigenvalue weighted by atomic mass is 10.0. The number of aryl methyl sites for hydroxylation is 1. The van der Waals surface area contributed by atoms with E-state index < -0.39 is 6.10 Å². The van der Waals surface area contributed by atoms with Crippen molar-refractivity contribution in [2.75, 3.05) is 0 Å². The molecule has 0 saturated carbocycles. The number of fused-ring (bicyclic) bond motifs is 1. The molecule has 5 heteroatoms. The third kappa shape index (κ3) is 2.72. The molecule has 0 spiro atoms. The Bertz CT molecular complexity index is 582. The molecule has 19 heavy (non-hydrogen) atoms. The molecule has 1 atom stereocenters. The fourth-order valence-corrected chi connectivity index (χ4v) is 2.97. The molecule has 2 aromatic rings. The van der Waals surface area contributed by atoms with Gasteiger partial charge in [-0.2, -0.15) is 0 Å². The van der Waals surface area contributed by atoms with Crippen molar-refractivity contribution >= 4 is 15.9 Å². The van der Waals surface area contributed by atoms with E-state index in [2.05, 4.69) is 26.2 Å². The van der Waals surface area contributed by atoms with E-state index in [4.69, 9.17) is 0 Å². The summed E-state index contributed by atoms with van der Waals surface area (Å²) >= 11 is 3.42. The second-order valence-corrected chi connectivity index (χ2v) is 5.86. The zero-order valence-corrected chi connectivity index (χ0v) is 12.2. The summed E-state index contributed by atoms with van der Waals surface area (Å²) in [6, 6.07) is 7.75. The smallest absolute Gasteiger partial charge is 0.0987 e. The lowest BCUT2D eigenvalue weighted by Crippen LogP contribution is -2.14. The number of hydrogen-bond acceptors (Lipinski definition) is 3. The minimum atomic E-state index is -0.551. The maximum atomic E-state index is 10.3. The fourth-order valence-electron chi connectivity index (χ4n) is 2.55. The Labute approximate surface area is 120 Å². The first-order valence-corrected chi connectivity index (χ1v) is 7.38. The Balaban J connectivity index is 1.79. The van der Waals surface area contributed by atoms with E-state index in [0.717, 1.165) is 28.6 Å². The summed E-state index contributed by atoms with van der Waals surface area (Å²) in [6.07, 6.45) is 3.87. The molecule has 1 unspecified atom stereocenters. The van der Waals surface area contributed by atoms with Gasteiger partial charge >= 0.3 is 0 Å². The van der Waals surface area contributed by atoms with E-state index >= 15 is 0 Å². The van der Waals surface area contributed by atoms with Crippen LogP contribution in [0.1, 0.15) is 35.9 Å². The molecule has 1 heterocycles. The van der Waals surface area contributed by atoms with Gasteiger partial charge in [-0.05, 0) is 43.4 Å². The van der Waals surface area contributed by atoms with Crippen LogP contribution in [0.4, 0.5) is 0 Å². The predicted octanol–water partition coefficient (Wildman–Crippen LogP) is 2.65. The Morgan fingerprint density at radius 2 is 2.16 bits per heavy atom. The van der Waals surface area contributed by atoms with Crippen LogP contribution in [0.2, 0.25) is 0 Å². The average molecular weight is 322 g/mol. The van der Waals surface area contributed by atoms with Gasteiger partial charge in [0.05, 0.1) is 24.0 Å². The first-order valence-electron chi connectivity index (χ1n) is 6.59. The third-order valence-corrected chi connectivity index (χ3v) is 4.07. The van der Waals surface area contributed by atoms with Crippen LogP contribution in [-0.2, 0) is 19.4 Å². The number of aliphatic hydroxyl groups is 1. The van der Waals surface area contributed by atoms with Crippen molar-refractivity contribution in [2.45, 2.75) is 38.3 Å². The Kier molecular flexibility index (Phi) is 3.66. The van der Waals surface area contributed by atoms with Gasteiger partial charge in [0.2, 0.25) is 0 Å². The normalized spacial score (nSPS) is 16.1. The van der Waals surface area contributed by atoms with Crippen LogP contribution in [0.25, 0.3) is 0 Å². The SMILES string of the molecule is OC(Cn1nnc2c1CCCC2)c1cccc(Br)c1. The largest absolute Gasteiger partial charge is 0.386 e. The molecule has 1 aromatic carbocycles. The molecule has 0 fully saturated rings. The topological polar surface area (TPSA) is 50.9 Å². The second kappa shape index (κ2) is 5.43. The highest BCUT2D eigenvalue weighted by atomic mass is 79.9. The third-order valence-electron chi connectivity index (χ3n) is 3.57. The van der Waals surface area contributed by atoms with Gasteiger partial charge in [0.1, 0.15) is 0 Å². The predicted molar refractivity (Wildman–Crippen MR) is 75.8 cm³/mol. The summed E-state index contributed by atoms with van der Waals surface area (Å²) in [5.41, 5.74) is 3.20. The molecule has 1 aromatic heterocycles. The fraction of sp³-hybridized carbons (Fsp3) is 0.429.